The molecule has 2 heterocycles. The lowest BCUT2D eigenvalue weighted by Gasteiger charge is -2.33. The first-order valence-corrected chi connectivity index (χ1v) is 8.61. The number of benzene rings is 1. The van der Waals surface area contributed by atoms with Crippen molar-refractivity contribution in [1.82, 2.24) is 10.2 Å². The zero-order valence-corrected chi connectivity index (χ0v) is 14.1. The van der Waals surface area contributed by atoms with Crippen LogP contribution >= 0.6 is 0 Å². The molecule has 0 radical (unpaired) electrons. The number of phenolic OH excluding ortho intramolecular Hbond substituents is 1. The molecule has 0 bridgehead atoms. The molecule has 0 spiro atoms. The van der Waals surface area contributed by atoms with Gasteiger partial charge in [0.2, 0.25) is 0 Å². The van der Waals surface area contributed by atoms with Crippen LogP contribution in [0.4, 0.5) is 0 Å². The second-order valence-corrected chi connectivity index (χ2v) is 6.56. The van der Waals surface area contributed by atoms with Gasteiger partial charge in [-0.25, -0.2) is 0 Å². The van der Waals surface area contributed by atoms with Gasteiger partial charge in [-0.1, -0.05) is 12.1 Å². The summed E-state index contributed by atoms with van der Waals surface area (Å²) in [4.78, 5) is 13.9. The Kier molecular flexibility index (Phi) is 5.73. The molecule has 6 heteroatoms. The largest absolute Gasteiger partial charge is 0.508 e. The lowest BCUT2D eigenvalue weighted by Crippen LogP contribution is -2.49. The zero-order chi connectivity index (χ0) is 17.6. The van der Waals surface area contributed by atoms with Gasteiger partial charge in [0.05, 0.1) is 12.8 Å². The standard InChI is InChI=1S/C19H24N2O4/c22-16-5-3-14(4-6-16)12-18(19(23)24)20-15-7-9-21(10-8-15)13-17-2-1-11-25-17/h1-6,11,15,18,20,22H,7-10,12-13H2,(H,23,24)/t18-/m0/s1. The summed E-state index contributed by atoms with van der Waals surface area (Å²) < 4.78 is 5.38. The molecule has 1 saturated heterocycles. The molecule has 25 heavy (non-hydrogen) atoms. The van der Waals surface area contributed by atoms with Crippen molar-refractivity contribution in [3.8, 4) is 5.75 Å². The third-order valence-corrected chi connectivity index (χ3v) is 4.66. The average molecular weight is 344 g/mol. The van der Waals surface area contributed by atoms with E-state index in [9.17, 15) is 15.0 Å². The lowest BCUT2D eigenvalue weighted by atomic mass is 10.0. The third kappa shape index (κ3) is 5.08. The van der Waals surface area contributed by atoms with Crippen LogP contribution in [-0.2, 0) is 17.8 Å². The minimum absolute atomic E-state index is 0.188. The van der Waals surface area contributed by atoms with Crippen molar-refractivity contribution in [3.05, 3.63) is 54.0 Å². The molecule has 6 nitrogen and oxygen atoms in total. The molecule has 0 amide bonds. The van der Waals surface area contributed by atoms with Crippen LogP contribution in [0, 0.1) is 0 Å². The van der Waals surface area contributed by atoms with E-state index in [-0.39, 0.29) is 11.8 Å². The molecule has 1 aromatic heterocycles. The predicted molar refractivity (Wildman–Crippen MR) is 93.4 cm³/mol. The van der Waals surface area contributed by atoms with Crippen LogP contribution in [0.5, 0.6) is 5.75 Å². The molecular formula is C19H24N2O4. The zero-order valence-electron chi connectivity index (χ0n) is 14.1. The number of phenols is 1. The maximum Gasteiger partial charge on any atom is 0.321 e. The van der Waals surface area contributed by atoms with E-state index in [4.69, 9.17) is 4.42 Å². The smallest absolute Gasteiger partial charge is 0.321 e. The van der Waals surface area contributed by atoms with Gasteiger partial charge in [-0.3, -0.25) is 9.69 Å². The number of furan rings is 1. The molecule has 0 aliphatic carbocycles. The third-order valence-electron chi connectivity index (χ3n) is 4.66. The van der Waals surface area contributed by atoms with Crippen LogP contribution in [0.1, 0.15) is 24.2 Å². The van der Waals surface area contributed by atoms with Crippen molar-refractivity contribution in [2.45, 2.75) is 37.9 Å². The molecule has 1 aliphatic heterocycles. The first kappa shape index (κ1) is 17.5. The summed E-state index contributed by atoms with van der Waals surface area (Å²) in [5.41, 5.74) is 0.896. The number of carboxylic acids is 1. The molecule has 0 unspecified atom stereocenters. The van der Waals surface area contributed by atoms with Gasteiger partial charge in [-0.15, -0.1) is 0 Å². The number of aromatic hydroxyl groups is 1. The van der Waals surface area contributed by atoms with Gasteiger partial charge < -0.3 is 19.9 Å². The van der Waals surface area contributed by atoms with E-state index < -0.39 is 12.0 Å². The van der Waals surface area contributed by atoms with E-state index in [0.717, 1.165) is 43.8 Å². The van der Waals surface area contributed by atoms with Gasteiger partial charge >= 0.3 is 5.97 Å². The van der Waals surface area contributed by atoms with E-state index in [1.807, 2.05) is 12.1 Å². The number of hydrogen-bond donors (Lipinski definition) is 3. The van der Waals surface area contributed by atoms with Crippen molar-refractivity contribution in [3.63, 3.8) is 0 Å². The highest BCUT2D eigenvalue weighted by Gasteiger charge is 2.25. The van der Waals surface area contributed by atoms with E-state index in [2.05, 4.69) is 10.2 Å². The van der Waals surface area contributed by atoms with Crippen LogP contribution in [0.3, 0.4) is 0 Å². The van der Waals surface area contributed by atoms with Crippen LogP contribution in [0.15, 0.2) is 47.1 Å². The average Bonchev–Trinajstić information content (AvgIpc) is 3.11. The molecule has 2 aromatic rings. The Balaban J connectivity index is 1.49. The van der Waals surface area contributed by atoms with Crippen molar-refractivity contribution >= 4 is 5.97 Å². The van der Waals surface area contributed by atoms with E-state index in [1.165, 1.54) is 0 Å². The molecule has 134 valence electrons. The number of aliphatic carboxylic acids is 1. The number of piperidine rings is 1. The van der Waals surface area contributed by atoms with Gasteiger partial charge in [0.15, 0.2) is 0 Å². The molecule has 3 N–H and O–H groups in total. The summed E-state index contributed by atoms with van der Waals surface area (Å²) in [6.45, 7) is 2.64. The van der Waals surface area contributed by atoms with Crippen LogP contribution in [-0.4, -0.2) is 46.3 Å². The Hall–Kier alpha value is -2.31. The highest BCUT2D eigenvalue weighted by Crippen LogP contribution is 2.16. The Morgan fingerprint density at radius 2 is 1.96 bits per heavy atom. The second-order valence-electron chi connectivity index (χ2n) is 6.56. The number of carboxylic acid groups (broad SMARTS) is 1. The summed E-state index contributed by atoms with van der Waals surface area (Å²) >= 11 is 0. The van der Waals surface area contributed by atoms with Crippen LogP contribution in [0.25, 0.3) is 0 Å². The first-order chi connectivity index (χ1) is 12.1. The Bertz CT molecular complexity index is 661. The Morgan fingerprint density at radius 1 is 1.24 bits per heavy atom. The van der Waals surface area contributed by atoms with E-state index in [0.29, 0.717) is 6.42 Å². The molecule has 1 aromatic carbocycles. The molecule has 0 saturated carbocycles. The number of hydrogen-bond acceptors (Lipinski definition) is 5. The fourth-order valence-corrected chi connectivity index (χ4v) is 3.25. The topological polar surface area (TPSA) is 85.9 Å². The van der Waals surface area contributed by atoms with Crippen molar-refractivity contribution in [1.29, 1.82) is 0 Å². The van der Waals surface area contributed by atoms with E-state index >= 15 is 0 Å². The SMILES string of the molecule is O=C(O)[C@H](Cc1ccc(O)cc1)NC1CCN(Cc2ccco2)CC1. The minimum atomic E-state index is -0.842. The number of likely N-dealkylation sites (tertiary alicyclic amines) is 1. The highest BCUT2D eigenvalue weighted by atomic mass is 16.4. The summed E-state index contributed by atoms with van der Waals surface area (Å²) in [5.74, 6) is 0.306. The van der Waals surface area contributed by atoms with Gasteiger partial charge in [0, 0.05) is 19.1 Å². The quantitative estimate of drug-likeness (QED) is 0.714. The molecule has 1 fully saturated rings. The summed E-state index contributed by atoms with van der Waals surface area (Å²) in [6, 6.07) is 10.1. The van der Waals surface area contributed by atoms with Gasteiger partial charge in [0.25, 0.3) is 0 Å². The monoisotopic (exact) mass is 344 g/mol. The maximum absolute atomic E-state index is 11.6. The Morgan fingerprint density at radius 3 is 2.56 bits per heavy atom. The number of carbonyl (C=O) groups is 1. The van der Waals surface area contributed by atoms with Crippen molar-refractivity contribution < 1.29 is 19.4 Å². The normalized spacial score (nSPS) is 17.4. The van der Waals surface area contributed by atoms with Gasteiger partial charge in [0.1, 0.15) is 17.6 Å². The minimum Gasteiger partial charge on any atom is -0.508 e. The fraction of sp³-hybridized carbons (Fsp3) is 0.421. The molecule has 3 rings (SSSR count). The van der Waals surface area contributed by atoms with Crippen LogP contribution < -0.4 is 5.32 Å². The van der Waals surface area contributed by atoms with Crippen LogP contribution in [0.2, 0.25) is 0 Å². The highest BCUT2D eigenvalue weighted by molar-refractivity contribution is 5.74. The van der Waals surface area contributed by atoms with Crippen molar-refractivity contribution in [2.24, 2.45) is 0 Å². The summed E-state index contributed by atoms with van der Waals surface area (Å²) in [7, 11) is 0. The molecular weight excluding hydrogens is 320 g/mol. The fourth-order valence-electron chi connectivity index (χ4n) is 3.25. The second kappa shape index (κ2) is 8.18. The Labute approximate surface area is 147 Å². The lowest BCUT2D eigenvalue weighted by molar-refractivity contribution is -0.139. The first-order valence-electron chi connectivity index (χ1n) is 8.61. The number of rotatable bonds is 7. The van der Waals surface area contributed by atoms with Crippen molar-refractivity contribution in [2.75, 3.05) is 13.1 Å². The predicted octanol–water partition coefficient (Wildman–Crippen LogP) is 2.24. The summed E-state index contributed by atoms with van der Waals surface area (Å²) in [6.07, 6.45) is 3.92. The number of nitrogens with one attached hydrogen (secondary N) is 1. The van der Waals surface area contributed by atoms with Gasteiger partial charge in [-0.05, 0) is 49.1 Å². The molecule has 1 atom stereocenters. The van der Waals surface area contributed by atoms with Gasteiger partial charge in [-0.2, -0.15) is 0 Å². The molecule has 1 aliphatic rings. The maximum atomic E-state index is 11.6. The number of nitrogens with zero attached hydrogens (tertiary/aromatic N) is 1. The van der Waals surface area contributed by atoms with E-state index in [1.54, 1.807) is 30.5 Å². The summed E-state index contributed by atoms with van der Waals surface area (Å²) in [5, 5.41) is 22.1.